The number of fused-ring (bicyclic) bond motifs is 1. The van der Waals surface area contributed by atoms with E-state index < -0.39 is 0 Å². The lowest BCUT2D eigenvalue weighted by Gasteiger charge is -2.34. The molecule has 0 spiro atoms. The van der Waals surface area contributed by atoms with Gasteiger partial charge >= 0.3 is 0 Å². The SMILES string of the molecule is CC1(CN)CCN(C(=O)C2CCN(C(=O)c3cccc4ccccc34)CC2)C1.Cl. The van der Waals surface area contributed by atoms with Crippen molar-refractivity contribution in [2.24, 2.45) is 17.1 Å². The Hall–Kier alpha value is -2.11. The number of rotatable bonds is 3. The van der Waals surface area contributed by atoms with E-state index in [1.165, 1.54) is 0 Å². The summed E-state index contributed by atoms with van der Waals surface area (Å²) in [6.07, 6.45) is 2.46. The Kier molecular flexibility index (Phi) is 6.49. The fourth-order valence-corrected chi connectivity index (χ4v) is 4.55. The van der Waals surface area contributed by atoms with E-state index in [-0.39, 0.29) is 35.6 Å². The first-order valence-corrected chi connectivity index (χ1v) is 10.3. The molecule has 156 valence electrons. The van der Waals surface area contributed by atoms with Gasteiger partial charge in [0.05, 0.1) is 0 Å². The largest absolute Gasteiger partial charge is 0.342 e. The van der Waals surface area contributed by atoms with Crippen LogP contribution in [0.5, 0.6) is 0 Å². The Morgan fingerprint density at radius 2 is 1.72 bits per heavy atom. The van der Waals surface area contributed by atoms with E-state index in [1.54, 1.807) is 0 Å². The zero-order valence-electron chi connectivity index (χ0n) is 17.0. The van der Waals surface area contributed by atoms with Gasteiger partial charge in [-0.2, -0.15) is 0 Å². The van der Waals surface area contributed by atoms with Crippen molar-refractivity contribution < 1.29 is 9.59 Å². The molecule has 0 aromatic heterocycles. The number of nitrogens with two attached hydrogens (primary N) is 1. The molecule has 0 bridgehead atoms. The maximum atomic E-state index is 13.1. The minimum Gasteiger partial charge on any atom is -0.342 e. The molecule has 2 N–H and O–H groups in total. The van der Waals surface area contributed by atoms with Crippen molar-refractivity contribution in [3.8, 4) is 0 Å². The Morgan fingerprint density at radius 1 is 1.03 bits per heavy atom. The van der Waals surface area contributed by atoms with E-state index in [9.17, 15) is 9.59 Å². The summed E-state index contributed by atoms with van der Waals surface area (Å²) in [4.78, 5) is 29.9. The summed E-state index contributed by atoms with van der Waals surface area (Å²) in [5.74, 6) is 0.339. The van der Waals surface area contributed by atoms with Crippen molar-refractivity contribution in [3.63, 3.8) is 0 Å². The molecule has 2 heterocycles. The Bertz CT molecular complexity index is 889. The number of amides is 2. The first kappa shape index (κ1) is 21.6. The molecule has 5 nitrogen and oxygen atoms in total. The summed E-state index contributed by atoms with van der Waals surface area (Å²) in [5, 5.41) is 2.07. The molecule has 1 atom stereocenters. The van der Waals surface area contributed by atoms with Crippen molar-refractivity contribution in [1.82, 2.24) is 9.80 Å². The summed E-state index contributed by atoms with van der Waals surface area (Å²) >= 11 is 0. The molecule has 2 amide bonds. The molecule has 4 rings (SSSR count). The highest BCUT2D eigenvalue weighted by atomic mass is 35.5. The van der Waals surface area contributed by atoms with Crippen LogP contribution in [-0.4, -0.2) is 54.3 Å². The summed E-state index contributed by atoms with van der Waals surface area (Å²) < 4.78 is 0. The van der Waals surface area contributed by atoms with Crippen molar-refractivity contribution in [2.75, 3.05) is 32.7 Å². The van der Waals surface area contributed by atoms with E-state index in [1.807, 2.05) is 52.3 Å². The summed E-state index contributed by atoms with van der Waals surface area (Å²) in [7, 11) is 0. The van der Waals surface area contributed by atoms with E-state index in [2.05, 4.69) is 6.92 Å². The fourth-order valence-electron chi connectivity index (χ4n) is 4.55. The molecule has 2 aliphatic heterocycles. The lowest BCUT2D eigenvalue weighted by molar-refractivity contribution is -0.136. The zero-order valence-corrected chi connectivity index (χ0v) is 17.8. The van der Waals surface area contributed by atoms with Crippen LogP contribution < -0.4 is 5.73 Å². The van der Waals surface area contributed by atoms with Gasteiger partial charge in [-0.1, -0.05) is 43.3 Å². The lowest BCUT2D eigenvalue weighted by atomic mass is 9.90. The third-order valence-corrected chi connectivity index (χ3v) is 6.51. The van der Waals surface area contributed by atoms with E-state index in [4.69, 9.17) is 5.73 Å². The van der Waals surface area contributed by atoms with Crippen molar-refractivity contribution in [1.29, 1.82) is 0 Å². The number of hydrogen-bond acceptors (Lipinski definition) is 3. The van der Waals surface area contributed by atoms with Gasteiger partial charge in [0.25, 0.3) is 5.91 Å². The van der Waals surface area contributed by atoms with Gasteiger partial charge in [0.2, 0.25) is 5.91 Å². The molecule has 2 fully saturated rings. The van der Waals surface area contributed by atoms with Gasteiger partial charge in [0.15, 0.2) is 0 Å². The van der Waals surface area contributed by atoms with Crippen LogP contribution >= 0.6 is 12.4 Å². The van der Waals surface area contributed by atoms with Crippen LogP contribution in [0.1, 0.15) is 36.5 Å². The number of benzene rings is 2. The van der Waals surface area contributed by atoms with Gasteiger partial charge in [-0.25, -0.2) is 0 Å². The smallest absolute Gasteiger partial charge is 0.254 e. The van der Waals surface area contributed by atoms with Crippen molar-refractivity contribution in [2.45, 2.75) is 26.2 Å². The quantitative estimate of drug-likeness (QED) is 0.836. The predicted molar refractivity (Wildman–Crippen MR) is 118 cm³/mol. The number of carbonyl (C=O) groups excluding carboxylic acids is 2. The minimum absolute atomic E-state index is 0. The standard InChI is InChI=1S/C23H29N3O2.ClH/c1-23(15-24)11-14-26(16-23)21(27)18-9-12-25(13-10-18)22(28)20-8-4-6-17-5-2-3-7-19(17)20;/h2-8,18H,9-16,24H2,1H3;1H. The maximum absolute atomic E-state index is 13.1. The second-order valence-electron chi connectivity index (χ2n) is 8.62. The van der Waals surface area contributed by atoms with Gasteiger partial charge in [-0.05, 0) is 48.1 Å². The zero-order chi connectivity index (χ0) is 19.7. The second-order valence-corrected chi connectivity index (χ2v) is 8.62. The number of nitrogens with zero attached hydrogens (tertiary/aromatic N) is 2. The number of hydrogen-bond donors (Lipinski definition) is 1. The van der Waals surface area contributed by atoms with Crippen LogP contribution in [0.15, 0.2) is 42.5 Å². The Balaban J connectivity index is 0.00000240. The fraction of sp³-hybridized carbons (Fsp3) is 0.478. The molecule has 2 saturated heterocycles. The third kappa shape index (κ3) is 4.26. The lowest BCUT2D eigenvalue weighted by Crippen LogP contribution is -2.44. The van der Waals surface area contributed by atoms with E-state index in [0.717, 1.165) is 48.7 Å². The first-order chi connectivity index (χ1) is 13.5. The van der Waals surface area contributed by atoms with Gasteiger partial charge < -0.3 is 15.5 Å². The van der Waals surface area contributed by atoms with Crippen LogP contribution in [0.3, 0.4) is 0 Å². The Morgan fingerprint density at radius 3 is 2.41 bits per heavy atom. The minimum atomic E-state index is 0. The highest BCUT2D eigenvalue weighted by Gasteiger charge is 2.38. The molecule has 0 aliphatic carbocycles. The maximum Gasteiger partial charge on any atom is 0.254 e. The average Bonchev–Trinajstić information content (AvgIpc) is 3.15. The molecule has 2 aromatic rings. The van der Waals surface area contributed by atoms with Crippen LogP contribution in [0.2, 0.25) is 0 Å². The third-order valence-electron chi connectivity index (χ3n) is 6.51. The van der Waals surface area contributed by atoms with Gasteiger partial charge in [-0.15, -0.1) is 12.4 Å². The van der Waals surface area contributed by atoms with Crippen LogP contribution in [0, 0.1) is 11.3 Å². The van der Waals surface area contributed by atoms with Crippen molar-refractivity contribution >= 4 is 35.0 Å². The highest BCUT2D eigenvalue weighted by molar-refractivity contribution is 6.07. The first-order valence-electron chi connectivity index (χ1n) is 10.3. The molecule has 0 saturated carbocycles. The molecular formula is C23H30ClN3O2. The average molecular weight is 416 g/mol. The number of carbonyl (C=O) groups is 2. The highest BCUT2D eigenvalue weighted by Crippen LogP contribution is 2.31. The van der Waals surface area contributed by atoms with E-state index in [0.29, 0.717) is 19.6 Å². The van der Waals surface area contributed by atoms with Crippen LogP contribution in [0.25, 0.3) is 10.8 Å². The molecule has 29 heavy (non-hydrogen) atoms. The molecule has 2 aromatic carbocycles. The van der Waals surface area contributed by atoms with Crippen LogP contribution in [-0.2, 0) is 4.79 Å². The molecule has 6 heteroatoms. The molecule has 2 aliphatic rings. The summed E-state index contributed by atoms with van der Waals surface area (Å²) in [6, 6.07) is 13.9. The van der Waals surface area contributed by atoms with Crippen LogP contribution in [0.4, 0.5) is 0 Å². The summed E-state index contributed by atoms with van der Waals surface area (Å²) in [6.45, 7) is 5.63. The number of likely N-dealkylation sites (tertiary alicyclic amines) is 2. The summed E-state index contributed by atoms with van der Waals surface area (Å²) in [5.41, 5.74) is 6.68. The molecule has 1 unspecified atom stereocenters. The van der Waals surface area contributed by atoms with Crippen molar-refractivity contribution in [3.05, 3.63) is 48.0 Å². The molecule has 0 radical (unpaired) electrons. The van der Waals surface area contributed by atoms with Gasteiger partial charge in [0, 0.05) is 37.7 Å². The Labute approximate surface area is 178 Å². The topological polar surface area (TPSA) is 66.6 Å². The monoisotopic (exact) mass is 415 g/mol. The number of piperidine rings is 1. The van der Waals surface area contributed by atoms with E-state index >= 15 is 0 Å². The second kappa shape index (κ2) is 8.72. The normalized spacial score (nSPS) is 22.6. The number of halogens is 1. The van der Waals surface area contributed by atoms with Gasteiger partial charge in [0.1, 0.15) is 0 Å². The molecular weight excluding hydrogens is 386 g/mol. The van der Waals surface area contributed by atoms with Gasteiger partial charge in [-0.3, -0.25) is 9.59 Å². The predicted octanol–water partition coefficient (Wildman–Crippen LogP) is 3.31.